The Kier molecular flexibility index (Phi) is 15.9. The Morgan fingerprint density at radius 1 is 0.615 bits per heavy atom. The second kappa shape index (κ2) is 21.3. The fraction of sp³-hybridized carbons (Fsp3) is 0.478. The molecule has 0 bridgehead atoms. The molecule has 1 atom stereocenters. The van der Waals surface area contributed by atoms with E-state index in [1.807, 2.05) is 30.3 Å². The fourth-order valence-corrected chi connectivity index (χ4v) is 7.61. The fourth-order valence-electron chi connectivity index (χ4n) is 7.61. The molecule has 278 valence electrons. The summed E-state index contributed by atoms with van der Waals surface area (Å²) in [5.41, 5.74) is 1.53. The average molecular weight is 707 g/mol. The zero-order chi connectivity index (χ0) is 36.4. The van der Waals surface area contributed by atoms with Gasteiger partial charge in [-0.2, -0.15) is 0 Å². The highest BCUT2D eigenvalue weighted by Gasteiger charge is 2.22. The smallest absolute Gasteiger partial charge is 0.338 e. The van der Waals surface area contributed by atoms with Gasteiger partial charge < -0.3 is 18.9 Å². The molecule has 0 heterocycles. The molecular formula is C46H58O6. The van der Waals surface area contributed by atoms with Crippen LogP contribution in [0.5, 0.6) is 11.5 Å². The summed E-state index contributed by atoms with van der Waals surface area (Å²) < 4.78 is 23.3. The van der Waals surface area contributed by atoms with Crippen LogP contribution in [0, 0.1) is 23.7 Å². The van der Waals surface area contributed by atoms with Gasteiger partial charge in [0.25, 0.3) is 0 Å². The predicted molar refractivity (Wildman–Crippen MR) is 208 cm³/mol. The Labute approximate surface area is 311 Å². The second-order valence-corrected chi connectivity index (χ2v) is 14.6. The molecule has 0 amide bonds. The van der Waals surface area contributed by atoms with E-state index >= 15 is 0 Å². The number of hydrogen-bond acceptors (Lipinski definition) is 6. The molecule has 0 aromatic heterocycles. The number of rotatable bonds is 18. The van der Waals surface area contributed by atoms with Crippen LogP contribution in [-0.4, -0.2) is 31.8 Å². The maximum atomic E-state index is 13.2. The van der Waals surface area contributed by atoms with Crippen molar-refractivity contribution in [3.63, 3.8) is 0 Å². The molecule has 5 rings (SSSR count). The van der Waals surface area contributed by atoms with Gasteiger partial charge in [-0.25, -0.2) is 9.59 Å². The molecule has 0 spiro atoms. The Hall–Kier alpha value is -4.32. The summed E-state index contributed by atoms with van der Waals surface area (Å²) in [6.07, 6.45) is 23.7. The quantitative estimate of drug-likeness (QED) is 0.0968. The van der Waals surface area contributed by atoms with E-state index in [0.717, 1.165) is 17.4 Å². The van der Waals surface area contributed by atoms with Crippen LogP contribution in [0.4, 0.5) is 0 Å². The summed E-state index contributed by atoms with van der Waals surface area (Å²) in [5.74, 6) is 3.48. The Balaban J connectivity index is 1.06. The Morgan fingerprint density at radius 2 is 1.08 bits per heavy atom. The van der Waals surface area contributed by atoms with E-state index in [1.165, 1.54) is 77.0 Å². The minimum atomic E-state index is -0.771. The molecule has 0 radical (unpaired) electrons. The highest BCUT2D eigenvalue weighted by molar-refractivity contribution is 5.90. The molecule has 2 aliphatic rings. The first kappa shape index (κ1) is 38.9. The van der Waals surface area contributed by atoms with E-state index in [1.54, 1.807) is 48.5 Å². The first-order chi connectivity index (χ1) is 25.5. The third-order valence-electron chi connectivity index (χ3n) is 10.7. The van der Waals surface area contributed by atoms with E-state index in [-0.39, 0.29) is 6.61 Å². The monoisotopic (exact) mass is 706 g/mol. The van der Waals surface area contributed by atoms with Gasteiger partial charge in [-0.1, -0.05) is 94.2 Å². The zero-order valence-electron chi connectivity index (χ0n) is 31.3. The maximum Gasteiger partial charge on any atom is 0.338 e. The van der Waals surface area contributed by atoms with Gasteiger partial charge in [0.2, 0.25) is 0 Å². The van der Waals surface area contributed by atoms with Gasteiger partial charge >= 0.3 is 11.9 Å². The van der Waals surface area contributed by atoms with Gasteiger partial charge in [0.15, 0.2) is 6.10 Å². The van der Waals surface area contributed by atoms with E-state index in [4.69, 9.17) is 18.9 Å². The SMILES string of the molecule is CCC[C@H]1CC[C@H](C=CCOc2ccc(C(=O)OC[C@H](OC(=O)c3ccc(OCC=C[C@H]4CC[C@H](CCC)CC4)cc3)c3ccccc3)cc2)CC1. The number of allylic oxidation sites excluding steroid dienone is 2. The van der Waals surface area contributed by atoms with E-state index in [9.17, 15) is 9.59 Å². The Morgan fingerprint density at radius 3 is 1.54 bits per heavy atom. The number of ether oxygens (including phenoxy) is 4. The van der Waals surface area contributed by atoms with Crippen LogP contribution >= 0.6 is 0 Å². The summed E-state index contributed by atoms with van der Waals surface area (Å²) in [4.78, 5) is 26.2. The first-order valence-electron chi connectivity index (χ1n) is 19.7. The summed E-state index contributed by atoms with van der Waals surface area (Å²) in [6, 6.07) is 23.2. The van der Waals surface area contributed by atoms with Crippen LogP contribution in [0.3, 0.4) is 0 Å². The molecule has 0 N–H and O–H groups in total. The van der Waals surface area contributed by atoms with Crippen LogP contribution in [0.1, 0.15) is 123 Å². The largest absolute Gasteiger partial charge is 0.490 e. The predicted octanol–water partition coefficient (Wildman–Crippen LogP) is 11.5. The third kappa shape index (κ3) is 12.7. The number of esters is 2. The van der Waals surface area contributed by atoms with Gasteiger partial charge in [-0.15, -0.1) is 0 Å². The van der Waals surface area contributed by atoms with E-state index in [0.29, 0.717) is 47.7 Å². The summed E-state index contributed by atoms with van der Waals surface area (Å²) >= 11 is 0. The van der Waals surface area contributed by atoms with Gasteiger partial charge in [-0.05, 0) is 129 Å². The molecule has 2 fully saturated rings. The lowest BCUT2D eigenvalue weighted by Gasteiger charge is -2.26. The van der Waals surface area contributed by atoms with Crippen molar-refractivity contribution < 1.29 is 28.5 Å². The highest BCUT2D eigenvalue weighted by Crippen LogP contribution is 2.33. The van der Waals surface area contributed by atoms with Crippen molar-refractivity contribution in [1.29, 1.82) is 0 Å². The third-order valence-corrected chi connectivity index (χ3v) is 10.7. The molecule has 3 aromatic carbocycles. The maximum absolute atomic E-state index is 13.2. The minimum Gasteiger partial charge on any atom is -0.490 e. The number of carbonyl (C=O) groups excluding carboxylic acids is 2. The van der Waals surface area contributed by atoms with Crippen molar-refractivity contribution in [2.24, 2.45) is 23.7 Å². The van der Waals surface area contributed by atoms with Crippen LogP contribution in [-0.2, 0) is 9.47 Å². The van der Waals surface area contributed by atoms with Crippen molar-refractivity contribution in [3.05, 3.63) is 120 Å². The molecule has 0 aliphatic heterocycles. The molecule has 2 saturated carbocycles. The van der Waals surface area contributed by atoms with Gasteiger partial charge in [0.05, 0.1) is 11.1 Å². The van der Waals surface area contributed by atoms with Gasteiger partial charge in [0, 0.05) is 0 Å². The molecule has 0 saturated heterocycles. The molecule has 3 aromatic rings. The van der Waals surface area contributed by atoms with Crippen molar-refractivity contribution in [1.82, 2.24) is 0 Å². The van der Waals surface area contributed by atoms with Crippen molar-refractivity contribution >= 4 is 11.9 Å². The average Bonchev–Trinajstić information content (AvgIpc) is 3.19. The normalized spacial score (nSPS) is 21.1. The first-order valence-corrected chi connectivity index (χ1v) is 19.7. The lowest BCUT2D eigenvalue weighted by atomic mass is 9.80. The molecule has 52 heavy (non-hydrogen) atoms. The Bertz CT molecular complexity index is 1530. The lowest BCUT2D eigenvalue weighted by molar-refractivity contribution is -0.00134. The molecule has 2 aliphatic carbocycles. The lowest BCUT2D eigenvalue weighted by Crippen LogP contribution is -2.19. The van der Waals surface area contributed by atoms with Crippen LogP contribution in [0.25, 0.3) is 0 Å². The molecule has 0 unspecified atom stereocenters. The van der Waals surface area contributed by atoms with E-state index in [2.05, 4.69) is 38.2 Å². The van der Waals surface area contributed by atoms with Crippen LogP contribution in [0.2, 0.25) is 0 Å². The number of hydrogen-bond donors (Lipinski definition) is 0. The number of carbonyl (C=O) groups is 2. The molecular weight excluding hydrogens is 648 g/mol. The van der Waals surface area contributed by atoms with Crippen molar-refractivity contribution in [3.8, 4) is 11.5 Å². The summed E-state index contributed by atoms with van der Waals surface area (Å²) in [5, 5.41) is 0. The molecule has 6 nitrogen and oxygen atoms in total. The van der Waals surface area contributed by atoms with Crippen LogP contribution < -0.4 is 9.47 Å². The topological polar surface area (TPSA) is 71.1 Å². The van der Waals surface area contributed by atoms with Gasteiger partial charge in [-0.3, -0.25) is 0 Å². The van der Waals surface area contributed by atoms with Crippen molar-refractivity contribution in [2.45, 2.75) is 97.0 Å². The van der Waals surface area contributed by atoms with Crippen LogP contribution in [0.15, 0.2) is 103 Å². The standard InChI is InChI=1S/C46H58O6/c1-3-10-35-16-20-37(21-17-35)12-8-32-49-42-28-24-40(25-29-42)45(47)51-34-44(39-14-6-5-7-15-39)52-46(48)41-26-30-43(31-27-41)50-33-9-13-38-22-18-36(11-4-2)19-23-38/h5-9,12-15,24-31,35-38,44H,3-4,10-11,16-23,32-34H2,1-2H3/t35-,36-,37-,38-,44-/m0/s1. The molecule has 6 heteroatoms. The minimum absolute atomic E-state index is 0.119. The second-order valence-electron chi connectivity index (χ2n) is 14.6. The van der Waals surface area contributed by atoms with E-state index < -0.39 is 18.0 Å². The summed E-state index contributed by atoms with van der Waals surface area (Å²) in [7, 11) is 0. The summed E-state index contributed by atoms with van der Waals surface area (Å²) in [6.45, 7) is 5.42. The number of benzene rings is 3. The van der Waals surface area contributed by atoms with Gasteiger partial charge in [0.1, 0.15) is 31.3 Å². The zero-order valence-corrected chi connectivity index (χ0v) is 31.3. The highest BCUT2D eigenvalue weighted by atomic mass is 16.6. The van der Waals surface area contributed by atoms with Crippen molar-refractivity contribution in [2.75, 3.05) is 19.8 Å².